The molecule has 2 fully saturated rings. The summed E-state index contributed by atoms with van der Waals surface area (Å²) in [6.07, 6.45) is 4.47. The molecule has 3 amide bonds. The molecule has 0 saturated carbocycles. The van der Waals surface area contributed by atoms with Crippen molar-refractivity contribution in [3.05, 3.63) is 65.7 Å². The van der Waals surface area contributed by atoms with Crippen molar-refractivity contribution in [1.82, 2.24) is 20.1 Å². The van der Waals surface area contributed by atoms with Gasteiger partial charge in [-0.25, -0.2) is 9.18 Å². The number of halogens is 1. The topological polar surface area (TPSA) is 65.5 Å². The summed E-state index contributed by atoms with van der Waals surface area (Å²) in [5.41, 5.74) is 0.671. The molecule has 178 valence electrons. The fourth-order valence-corrected chi connectivity index (χ4v) is 5.24. The van der Waals surface area contributed by atoms with E-state index in [2.05, 4.69) is 34.0 Å². The lowest BCUT2D eigenvalue weighted by Crippen LogP contribution is -2.58. The molecule has 1 aromatic carbocycles. The molecule has 2 aliphatic rings. The first-order valence-corrected chi connectivity index (χ1v) is 11.8. The number of benzene rings is 1. The summed E-state index contributed by atoms with van der Waals surface area (Å²) in [7, 11) is 0. The Balaban J connectivity index is 1.52. The summed E-state index contributed by atoms with van der Waals surface area (Å²) in [5, 5.41) is 3.02. The van der Waals surface area contributed by atoms with Gasteiger partial charge in [-0.05, 0) is 75.5 Å². The molecule has 2 aliphatic heterocycles. The number of hydrogen-bond acceptors (Lipinski definition) is 4. The maximum atomic E-state index is 13.9. The van der Waals surface area contributed by atoms with E-state index in [1.807, 2.05) is 30.5 Å². The Bertz CT molecular complexity index is 1090. The van der Waals surface area contributed by atoms with Crippen LogP contribution in [-0.4, -0.2) is 57.9 Å². The van der Waals surface area contributed by atoms with Crippen molar-refractivity contribution in [3.8, 4) is 11.8 Å². The third-order valence-electron chi connectivity index (χ3n) is 7.07. The molecule has 0 spiro atoms. The molecule has 2 aromatic rings. The van der Waals surface area contributed by atoms with Crippen LogP contribution in [0.4, 0.5) is 9.18 Å². The first-order valence-electron chi connectivity index (χ1n) is 11.8. The summed E-state index contributed by atoms with van der Waals surface area (Å²) in [6.45, 7) is 5.58. The molecule has 4 rings (SSSR count). The average molecular weight is 463 g/mol. The smallest absolute Gasteiger partial charge is 0.322 e. The number of imide groups is 1. The predicted molar refractivity (Wildman–Crippen MR) is 128 cm³/mol. The molecule has 0 radical (unpaired) electrons. The summed E-state index contributed by atoms with van der Waals surface area (Å²) < 4.78 is 13.9. The summed E-state index contributed by atoms with van der Waals surface area (Å²) in [5.74, 6) is 4.92. The summed E-state index contributed by atoms with van der Waals surface area (Å²) in [6, 6.07) is 12.1. The zero-order valence-corrected chi connectivity index (χ0v) is 19.8. The van der Waals surface area contributed by atoms with Gasteiger partial charge in [0.2, 0.25) is 0 Å². The zero-order chi connectivity index (χ0) is 24.1. The highest BCUT2D eigenvalue weighted by Crippen LogP contribution is 2.37. The highest BCUT2D eigenvalue weighted by atomic mass is 19.1. The molecule has 34 heavy (non-hydrogen) atoms. The van der Waals surface area contributed by atoms with Crippen molar-refractivity contribution >= 4 is 11.9 Å². The Morgan fingerprint density at radius 3 is 2.68 bits per heavy atom. The van der Waals surface area contributed by atoms with E-state index >= 15 is 0 Å². The van der Waals surface area contributed by atoms with Crippen LogP contribution < -0.4 is 5.32 Å². The molecule has 6 nitrogen and oxygen atoms in total. The molecule has 0 aliphatic carbocycles. The van der Waals surface area contributed by atoms with Gasteiger partial charge in [0.05, 0.1) is 6.54 Å². The standard InChI is InChI=1S/C27H31FN4O2/c1-3-4-14-32-25(33)27(30-26(32)34,19-21-8-7-9-23(28)18-21)22-11-15-31(16-12-22)20(2)17-24-10-5-6-13-29-24/h5-10,13,18,20,22H,11-12,14-17,19H2,1-2H3,(H,30,34)/t20-,27+/m1/s1. The molecule has 3 heterocycles. The highest BCUT2D eigenvalue weighted by molar-refractivity contribution is 6.07. The van der Waals surface area contributed by atoms with Crippen LogP contribution in [0.2, 0.25) is 0 Å². The van der Waals surface area contributed by atoms with Gasteiger partial charge in [0, 0.05) is 30.8 Å². The number of pyridine rings is 1. The van der Waals surface area contributed by atoms with E-state index in [4.69, 9.17) is 0 Å². The normalized spacial score (nSPS) is 22.3. The quantitative estimate of drug-likeness (QED) is 0.506. The number of carbonyl (C=O) groups is 2. The van der Waals surface area contributed by atoms with E-state index in [0.29, 0.717) is 11.6 Å². The van der Waals surface area contributed by atoms with Crippen molar-refractivity contribution in [2.75, 3.05) is 19.6 Å². The van der Waals surface area contributed by atoms with Gasteiger partial charge in [-0.15, -0.1) is 5.92 Å². The van der Waals surface area contributed by atoms with Crippen molar-refractivity contribution in [1.29, 1.82) is 0 Å². The van der Waals surface area contributed by atoms with E-state index in [-0.39, 0.29) is 30.6 Å². The average Bonchev–Trinajstić information content (AvgIpc) is 3.08. The maximum Gasteiger partial charge on any atom is 0.325 e. The molecule has 1 N–H and O–H groups in total. The lowest BCUT2D eigenvalue weighted by atomic mass is 9.73. The number of likely N-dealkylation sites (tertiary alicyclic amines) is 1. The Labute approximate surface area is 200 Å². The number of hydrogen-bond donors (Lipinski definition) is 1. The lowest BCUT2D eigenvalue weighted by Gasteiger charge is -2.42. The van der Waals surface area contributed by atoms with Crippen molar-refractivity contribution in [2.24, 2.45) is 5.92 Å². The van der Waals surface area contributed by atoms with Crippen LogP contribution >= 0.6 is 0 Å². The van der Waals surface area contributed by atoms with Crippen LogP contribution in [0.1, 0.15) is 37.9 Å². The molecule has 2 atom stereocenters. The molecule has 1 aromatic heterocycles. The number of aromatic nitrogens is 1. The molecule has 0 unspecified atom stereocenters. The molecule has 0 bridgehead atoms. The number of amides is 3. The van der Waals surface area contributed by atoms with Gasteiger partial charge in [0.25, 0.3) is 5.91 Å². The number of rotatable bonds is 7. The highest BCUT2D eigenvalue weighted by Gasteiger charge is 2.55. The molecule has 2 saturated heterocycles. The minimum Gasteiger partial charge on any atom is -0.322 e. The number of urea groups is 1. The summed E-state index contributed by atoms with van der Waals surface area (Å²) >= 11 is 0. The van der Waals surface area contributed by atoms with E-state index in [1.54, 1.807) is 13.0 Å². The maximum absolute atomic E-state index is 13.9. The van der Waals surface area contributed by atoms with Gasteiger partial charge in [-0.3, -0.25) is 14.7 Å². The van der Waals surface area contributed by atoms with Gasteiger partial charge >= 0.3 is 6.03 Å². The first-order chi connectivity index (χ1) is 16.4. The third kappa shape index (κ3) is 4.97. The molecular weight excluding hydrogens is 431 g/mol. The number of nitrogens with zero attached hydrogens (tertiary/aromatic N) is 3. The number of nitrogens with one attached hydrogen (secondary N) is 1. The van der Waals surface area contributed by atoms with Gasteiger partial charge < -0.3 is 10.2 Å². The Morgan fingerprint density at radius 1 is 1.21 bits per heavy atom. The minimum atomic E-state index is -1.09. The van der Waals surface area contributed by atoms with Gasteiger partial charge in [0.15, 0.2) is 0 Å². The Kier molecular flexibility index (Phi) is 7.28. The third-order valence-corrected chi connectivity index (χ3v) is 7.07. The van der Waals surface area contributed by atoms with Crippen LogP contribution in [0, 0.1) is 23.6 Å². The predicted octanol–water partition coefficient (Wildman–Crippen LogP) is 3.42. The fraction of sp³-hybridized carbons (Fsp3) is 0.444. The van der Waals surface area contributed by atoms with Crippen molar-refractivity contribution < 1.29 is 14.0 Å². The first kappa shape index (κ1) is 23.9. The SMILES string of the molecule is CC#CCN1C(=O)N[C@@](Cc2cccc(F)c2)(C2CCN([C@H](C)Cc3ccccn3)CC2)C1=O. The fourth-order valence-electron chi connectivity index (χ4n) is 5.24. The van der Waals surface area contributed by atoms with E-state index < -0.39 is 11.6 Å². The van der Waals surface area contributed by atoms with Crippen molar-refractivity contribution in [2.45, 2.75) is 51.1 Å². The van der Waals surface area contributed by atoms with Gasteiger partial charge in [-0.2, -0.15) is 0 Å². The summed E-state index contributed by atoms with van der Waals surface area (Å²) in [4.78, 5) is 34.5. The minimum absolute atomic E-state index is 0.0508. The Morgan fingerprint density at radius 2 is 2.00 bits per heavy atom. The monoisotopic (exact) mass is 462 g/mol. The number of carbonyl (C=O) groups excluding carboxylic acids is 2. The molecular formula is C27H31FN4O2. The Hall–Kier alpha value is -3.24. The van der Waals surface area contributed by atoms with E-state index in [1.165, 1.54) is 17.0 Å². The second-order valence-electron chi connectivity index (χ2n) is 9.21. The van der Waals surface area contributed by atoms with Crippen molar-refractivity contribution in [3.63, 3.8) is 0 Å². The van der Waals surface area contributed by atoms with E-state index in [9.17, 15) is 14.0 Å². The van der Waals surface area contributed by atoms with Crippen LogP contribution in [0.5, 0.6) is 0 Å². The van der Waals surface area contributed by atoms with Gasteiger partial charge in [-0.1, -0.05) is 24.1 Å². The van der Waals surface area contributed by atoms with Crippen LogP contribution in [0.3, 0.4) is 0 Å². The van der Waals surface area contributed by atoms with Gasteiger partial charge in [0.1, 0.15) is 11.4 Å². The molecule has 7 heteroatoms. The van der Waals surface area contributed by atoms with Crippen LogP contribution in [-0.2, 0) is 17.6 Å². The van der Waals surface area contributed by atoms with E-state index in [0.717, 1.165) is 38.0 Å². The lowest BCUT2D eigenvalue weighted by molar-refractivity contribution is -0.133. The zero-order valence-electron chi connectivity index (χ0n) is 19.8. The number of piperidine rings is 1. The second-order valence-corrected chi connectivity index (χ2v) is 9.21. The van der Waals surface area contributed by atoms with Crippen LogP contribution in [0.15, 0.2) is 48.7 Å². The second kappa shape index (κ2) is 10.4. The van der Waals surface area contributed by atoms with Crippen LogP contribution in [0.25, 0.3) is 0 Å². The largest absolute Gasteiger partial charge is 0.325 e.